The second-order valence-corrected chi connectivity index (χ2v) is 7.62. The van der Waals surface area contributed by atoms with Gasteiger partial charge in [-0.25, -0.2) is 4.98 Å². The highest BCUT2D eigenvalue weighted by Gasteiger charge is 2.29. The van der Waals surface area contributed by atoms with Crippen LogP contribution >= 0.6 is 0 Å². The monoisotopic (exact) mass is 366 g/mol. The summed E-state index contributed by atoms with van der Waals surface area (Å²) in [6.45, 7) is 2.72. The first-order valence-electron chi connectivity index (χ1n) is 9.90. The van der Waals surface area contributed by atoms with Crippen LogP contribution in [0.3, 0.4) is 0 Å². The third-order valence-corrected chi connectivity index (χ3v) is 5.50. The molecule has 0 radical (unpaired) electrons. The van der Waals surface area contributed by atoms with E-state index in [9.17, 15) is 9.59 Å². The smallest absolute Gasteiger partial charge is 0.291 e. The fourth-order valence-corrected chi connectivity index (χ4v) is 4.13. The van der Waals surface area contributed by atoms with Crippen molar-refractivity contribution in [2.45, 2.75) is 64.5 Å². The summed E-state index contributed by atoms with van der Waals surface area (Å²) < 4.78 is 1.93. The lowest BCUT2D eigenvalue weighted by Gasteiger charge is -2.17. The Kier molecular flexibility index (Phi) is 4.97. The zero-order valence-electron chi connectivity index (χ0n) is 15.8. The van der Waals surface area contributed by atoms with Crippen LogP contribution in [-0.4, -0.2) is 27.4 Å². The molecule has 4 rings (SSSR count). The minimum absolute atomic E-state index is 0.137. The summed E-state index contributed by atoms with van der Waals surface area (Å²) in [7, 11) is 0. The van der Waals surface area contributed by atoms with Crippen LogP contribution in [0.25, 0.3) is 0 Å². The Balaban J connectivity index is 1.59. The summed E-state index contributed by atoms with van der Waals surface area (Å²) in [6.07, 6.45) is 7.20. The van der Waals surface area contributed by atoms with Gasteiger partial charge >= 0.3 is 0 Å². The van der Waals surface area contributed by atoms with Gasteiger partial charge in [-0.3, -0.25) is 9.59 Å². The van der Waals surface area contributed by atoms with Crippen LogP contribution in [0.2, 0.25) is 0 Å². The number of nitrogens with one attached hydrogen (secondary N) is 2. The van der Waals surface area contributed by atoms with Crippen LogP contribution < -0.4 is 10.6 Å². The molecular formula is C21H26N4O2. The highest BCUT2D eigenvalue weighted by molar-refractivity contribution is 6.03. The Morgan fingerprint density at radius 1 is 1.11 bits per heavy atom. The number of imidazole rings is 1. The number of amides is 2. The molecule has 2 heterocycles. The number of benzene rings is 1. The van der Waals surface area contributed by atoms with E-state index in [1.807, 2.05) is 35.8 Å². The van der Waals surface area contributed by atoms with E-state index in [0.717, 1.165) is 68.4 Å². The van der Waals surface area contributed by atoms with Crippen molar-refractivity contribution in [2.75, 3.05) is 5.32 Å². The summed E-state index contributed by atoms with van der Waals surface area (Å²) in [5.74, 6) is -0.0615. The van der Waals surface area contributed by atoms with Gasteiger partial charge in [-0.15, -0.1) is 0 Å². The van der Waals surface area contributed by atoms with E-state index in [0.29, 0.717) is 11.5 Å². The maximum Gasteiger partial charge on any atom is 0.291 e. The molecule has 2 N–H and O–H groups in total. The maximum atomic E-state index is 12.9. The quantitative estimate of drug-likeness (QED) is 0.870. The molecule has 1 aliphatic carbocycles. The van der Waals surface area contributed by atoms with Crippen molar-refractivity contribution in [3.8, 4) is 0 Å². The molecule has 142 valence electrons. The predicted octanol–water partition coefficient (Wildman–Crippen LogP) is 3.45. The number of anilines is 1. The standard InChI is InChI=1S/C21H26N4O2/c1-14-7-6-10-16(13-14)23-21(27)19-24-18(17-11-4-5-12-25(17)19)20(26)22-15-8-2-3-9-15/h6-7,10,13,15H,2-5,8-9,11-12H2,1H3,(H,22,26)(H,23,27). The lowest BCUT2D eigenvalue weighted by molar-refractivity contribution is 0.0931. The van der Waals surface area contributed by atoms with Crippen molar-refractivity contribution < 1.29 is 9.59 Å². The number of hydrogen-bond acceptors (Lipinski definition) is 3. The number of aryl methyl sites for hydroxylation is 1. The molecule has 0 atom stereocenters. The SMILES string of the molecule is Cc1cccc(NC(=O)c2nc(C(=O)NC3CCCC3)c3n2CCCC3)c1. The fraction of sp³-hybridized carbons (Fsp3) is 0.476. The van der Waals surface area contributed by atoms with E-state index >= 15 is 0 Å². The molecule has 2 aromatic rings. The molecule has 1 fully saturated rings. The topological polar surface area (TPSA) is 76.0 Å². The first-order valence-corrected chi connectivity index (χ1v) is 9.90. The first kappa shape index (κ1) is 17.8. The van der Waals surface area contributed by atoms with Gasteiger partial charge in [0.2, 0.25) is 0 Å². The van der Waals surface area contributed by atoms with Crippen molar-refractivity contribution in [3.05, 3.63) is 47.0 Å². The number of rotatable bonds is 4. The highest BCUT2D eigenvalue weighted by atomic mass is 16.2. The van der Waals surface area contributed by atoms with Crippen molar-refractivity contribution >= 4 is 17.5 Å². The minimum Gasteiger partial charge on any atom is -0.348 e. The van der Waals surface area contributed by atoms with Crippen molar-refractivity contribution in [1.29, 1.82) is 0 Å². The van der Waals surface area contributed by atoms with E-state index in [2.05, 4.69) is 15.6 Å². The van der Waals surface area contributed by atoms with Gasteiger partial charge < -0.3 is 15.2 Å². The minimum atomic E-state index is -0.260. The van der Waals surface area contributed by atoms with Gasteiger partial charge in [0.1, 0.15) is 5.69 Å². The van der Waals surface area contributed by atoms with Gasteiger partial charge in [0.05, 0.1) is 5.69 Å². The third kappa shape index (κ3) is 3.75. The largest absolute Gasteiger partial charge is 0.348 e. The summed E-state index contributed by atoms with van der Waals surface area (Å²) in [4.78, 5) is 30.1. The highest BCUT2D eigenvalue weighted by Crippen LogP contribution is 2.23. The second-order valence-electron chi connectivity index (χ2n) is 7.62. The normalized spacial score (nSPS) is 16.8. The predicted molar refractivity (Wildman–Crippen MR) is 104 cm³/mol. The number of aromatic nitrogens is 2. The van der Waals surface area contributed by atoms with Crippen LogP contribution in [0.4, 0.5) is 5.69 Å². The molecule has 0 unspecified atom stereocenters. The van der Waals surface area contributed by atoms with Gasteiger partial charge in [-0.2, -0.15) is 0 Å². The van der Waals surface area contributed by atoms with Crippen molar-refractivity contribution in [2.24, 2.45) is 0 Å². The third-order valence-electron chi connectivity index (χ3n) is 5.50. The van der Waals surface area contributed by atoms with Crippen LogP contribution in [0, 0.1) is 6.92 Å². The van der Waals surface area contributed by atoms with E-state index in [4.69, 9.17) is 0 Å². The van der Waals surface area contributed by atoms with E-state index in [-0.39, 0.29) is 17.9 Å². The molecule has 2 amide bonds. The maximum absolute atomic E-state index is 12.9. The zero-order valence-corrected chi connectivity index (χ0v) is 15.8. The molecule has 1 aliphatic heterocycles. The molecule has 2 aliphatic rings. The summed E-state index contributed by atoms with van der Waals surface area (Å²) >= 11 is 0. The average molecular weight is 366 g/mol. The Bertz CT molecular complexity index is 865. The Hall–Kier alpha value is -2.63. The Morgan fingerprint density at radius 3 is 2.70 bits per heavy atom. The number of hydrogen-bond donors (Lipinski definition) is 2. The molecule has 0 saturated heterocycles. The molecule has 0 bridgehead atoms. The average Bonchev–Trinajstić information content (AvgIpc) is 3.29. The molecule has 1 aromatic heterocycles. The lowest BCUT2D eigenvalue weighted by atomic mass is 10.1. The van der Waals surface area contributed by atoms with Crippen LogP contribution in [0.1, 0.15) is 70.9 Å². The van der Waals surface area contributed by atoms with Crippen LogP contribution in [0.15, 0.2) is 24.3 Å². The number of nitrogens with zero attached hydrogens (tertiary/aromatic N) is 2. The lowest BCUT2D eigenvalue weighted by Crippen LogP contribution is -2.33. The van der Waals surface area contributed by atoms with Gasteiger partial charge in [0, 0.05) is 18.3 Å². The van der Waals surface area contributed by atoms with Gasteiger partial charge in [0.25, 0.3) is 11.8 Å². The van der Waals surface area contributed by atoms with E-state index in [1.165, 1.54) is 0 Å². The number of fused-ring (bicyclic) bond motifs is 1. The second kappa shape index (κ2) is 7.55. The molecule has 0 spiro atoms. The molecule has 6 heteroatoms. The Labute approximate surface area is 159 Å². The molecule has 1 saturated carbocycles. The molecule has 6 nitrogen and oxygen atoms in total. The van der Waals surface area contributed by atoms with E-state index < -0.39 is 0 Å². The van der Waals surface area contributed by atoms with Gasteiger partial charge in [-0.05, 0) is 56.7 Å². The van der Waals surface area contributed by atoms with E-state index in [1.54, 1.807) is 0 Å². The van der Waals surface area contributed by atoms with Crippen molar-refractivity contribution in [3.63, 3.8) is 0 Å². The number of carbonyl (C=O) groups excluding carboxylic acids is 2. The van der Waals surface area contributed by atoms with Crippen molar-refractivity contribution in [1.82, 2.24) is 14.9 Å². The van der Waals surface area contributed by atoms with Gasteiger partial charge in [0.15, 0.2) is 5.82 Å². The summed E-state index contributed by atoms with van der Waals surface area (Å²) in [5, 5.41) is 6.03. The first-order chi connectivity index (χ1) is 13.1. The zero-order chi connectivity index (χ0) is 18.8. The fourth-order valence-electron chi connectivity index (χ4n) is 4.13. The summed E-state index contributed by atoms with van der Waals surface area (Å²) in [5.41, 5.74) is 3.14. The molecular weight excluding hydrogens is 340 g/mol. The van der Waals surface area contributed by atoms with Crippen LogP contribution in [0.5, 0.6) is 0 Å². The Morgan fingerprint density at radius 2 is 1.93 bits per heavy atom. The molecule has 27 heavy (non-hydrogen) atoms. The molecule has 1 aromatic carbocycles. The number of carbonyl (C=O) groups is 2. The van der Waals surface area contributed by atoms with Gasteiger partial charge in [-0.1, -0.05) is 25.0 Å². The van der Waals surface area contributed by atoms with Crippen LogP contribution in [-0.2, 0) is 13.0 Å². The summed E-state index contributed by atoms with van der Waals surface area (Å²) in [6, 6.07) is 7.91.